The predicted molar refractivity (Wildman–Crippen MR) is 89.8 cm³/mol. The minimum Gasteiger partial charge on any atom is -0.465 e. The molecule has 23 heavy (non-hydrogen) atoms. The second-order valence-corrected chi connectivity index (χ2v) is 7.00. The fourth-order valence-electron chi connectivity index (χ4n) is 2.19. The van der Waals surface area contributed by atoms with Crippen molar-refractivity contribution in [1.82, 2.24) is 4.57 Å². The third-order valence-electron chi connectivity index (χ3n) is 3.46. The minimum atomic E-state index is -0.413. The van der Waals surface area contributed by atoms with Gasteiger partial charge in [-0.2, -0.15) is 4.99 Å². The van der Waals surface area contributed by atoms with Crippen molar-refractivity contribution in [2.45, 2.75) is 26.3 Å². The van der Waals surface area contributed by atoms with Gasteiger partial charge in [0.15, 0.2) is 4.80 Å². The van der Waals surface area contributed by atoms with Gasteiger partial charge < -0.3 is 9.30 Å². The molecule has 0 saturated heterocycles. The predicted octanol–water partition coefficient (Wildman–Crippen LogP) is 3.41. The van der Waals surface area contributed by atoms with E-state index in [9.17, 15) is 9.59 Å². The Morgan fingerprint density at radius 2 is 2.13 bits per heavy atom. The van der Waals surface area contributed by atoms with Crippen molar-refractivity contribution in [3.05, 3.63) is 27.0 Å². The fourth-order valence-corrected chi connectivity index (χ4v) is 3.71. The molecular weight excluding hydrogens is 359 g/mol. The number of benzene rings is 1. The van der Waals surface area contributed by atoms with E-state index in [1.165, 1.54) is 11.3 Å². The summed E-state index contributed by atoms with van der Waals surface area (Å²) in [5, 5.41) is 0.722. The molecule has 1 heterocycles. The molecule has 1 fully saturated rings. The number of carbonyl (C=O) groups excluding carboxylic acids is 2. The van der Waals surface area contributed by atoms with Gasteiger partial charge in [0.25, 0.3) is 5.91 Å². The summed E-state index contributed by atoms with van der Waals surface area (Å²) in [6.45, 7) is 1.95. The average Bonchev–Trinajstić information content (AvgIpc) is 3.29. The number of carbonyl (C=O) groups is 2. The Morgan fingerprint density at radius 1 is 1.39 bits per heavy atom. The molecule has 0 atom stereocenters. The summed E-state index contributed by atoms with van der Waals surface area (Å²) in [5.41, 5.74) is 0.597. The molecule has 5 nitrogen and oxygen atoms in total. The average molecular weight is 373 g/mol. The van der Waals surface area contributed by atoms with E-state index in [0.717, 1.165) is 17.5 Å². The molecule has 0 radical (unpaired) electrons. The number of fused-ring (bicyclic) bond motifs is 1. The summed E-state index contributed by atoms with van der Waals surface area (Å²) in [6, 6.07) is 3.49. The van der Waals surface area contributed by atoms with Gasteiger partial charge in [0, 0.05) is 5.92 Å². The number of ether oxygens (including phenoxy) is 1. The van der Waals surface area contributed by atoms with Crippen LogP contribution in [0.5, 0.6) is 0 Å². The highest BCUT2D eigenvalue weighted by molar-refractivity contribution is 7.16. The lowest BCUT2D eigenvalue weighted by atomic mass is 10.3. The largest absolute Gasteiger partial charge is 0.465 e. The van der Waals surface area contributed by atoms with Crippen LogP contribution in [-0.2, 0) is 20.9 Å². The summed E-state index contributed by atoms with van der Waals surface area (Å²) in [5.74, 6) is -0.560. The first kappa shape index (κ1) is 16.5. The zero-order chi connectivity index (χ0) is 16.6. The Labute approximate surface area is 146 Å². The topological polar surface area (TPSA) is 60.7 Å². The van der Waals surface area contributed by atoms with Crippen molar-refractivity contribution in [3.63, 3.8) is 0 Å². The smallest absolute Gasteiger partial charge is 0.326 e. The molecule has 1 aliphatic rings. The Kier molecular flexibility index (Phi) is 4.75. The number of rotatable bonds is 4. The molecule has 1 amide bonds. The number of hydrogen-bond donors (Lipinski definition) is 0. The van der Waals surface area contributed by atoms with E-state index in [0.29, 0.717) is 20.4 Å². The molecule has 2 aromatic rings. The van der Waals surface area contributed by atoms with Gasteiger partial charge in [0.1, 0.15) is 6.54 Å². The van der Waals surface area contributed by atoms with Crippen LogP contribution in [0.15, 0.2) is 17.1 Å². The lowest BCUT2D eigenvalue weighted by molar-refractivity contribution is -0.143. The Hall–Kier alpha value is -1.37. The molecule has 122 valence electrons. The number of aromatic nitrogens is 1. The molecule has 0 spiro atoms. The molecular formula is C15H14Cl2N2O3S. The van der Waals surface area contributed by atoms with Crippen LogP contribution in [0.1, 0.15) is 19.8 Å². The summed E-state index contributed by atoms with van der Waals surface area (Å²) >= 11 is 13.7. The van der Waals surface area contributed by atoms with Gasteiger partial charge in [-0.25, -0.2) is 0 Å². The first-order valence-corrected chi connectivity index (χ1v) is 8.80. The van der Waals surface area contributed by atoms with Crippen LogP contribution in [0.3, 0.4) is 0 Å². The van der Waals surface area contributed by atoms with E-state index in [1.807, 2.05) is 0 Å². The first-order valence-electron chi connectivity index (χ1n) is 7.22. The Morgan fingerprint density at radius 3 is 2.78 bits per heavy atom. The molecule has 0 N–H and O–H groups in total. The van der Waals surface area contributed by atoms with Crippen molar-refractivity contribution >= 4 is 56.6 Å². The molecule has 0 unspecified atom stereocenters. The van der Waals surface area contributed by atoms with Gasteiger partial charge >= 0.3 is 5.97 Å². The maximum Gasteiger partial charge on any atom is 0.326 e. The summed E-state index contributed by atoms with van der Waals surface area (Å²) in [7, 11) is 0. The molecule has 3 rings (SSSR count). The van der Waals surface area contributed by atoms with Gasteiger partial charge in [0.05, 0.1) is 26.9 Å². The Balaban J connectivity index is 2.15. The molecule has 0 aliphatic heterocycles. The Bertz CT molecular complexity index is 852. The highest BCUT2D eigenvalue weighted by Gasteiger charge is 2.29. The van der Waals surface area contributed by atoms with Gasteiger partial charge in [0.2, 0.25) is 0 Å². The van der Waals surface area contributed by atoms with Crippen LogP contribution >= 0.6 is 34.5 Å². The molecule has 1 aromatic carbocycles. The standard InChI is InChI=1S/C15H14Cl2N2O3S/c1-2-22-11(20)7-19-13-10(6-5-9(16)12(13)17)23-15(19)18-14(21)8-3-4-8/h5-6,8H,2-4,7H2,1H3. The second-order valence-electron chi connectivity index (χ2n) is 5.21. The number of amides is 1. The number of hydrogen-bond acceptors (Lipinski definition) is 4. The number of halogens is 2. The number of thiazole rings is 1. The van der Waals surface area contributed by atoms with Gasteiger partial charge in [-0.15, -0.1) is 0 Å². The van der Waals surface area contributed by atoms with Crippen LogP contribution in [-0.4, -0.2) is 23.1 Å². The monoisotopic (exact) mass is 372 g/mol. The SMILES string of the molecule is CCOC(=O)Cn1c(=NC(=O)C2CC2)sc2ccc(Cl)c(Cl)c21. The third-order valence-corrected chi connectivity index (χ3v) is 5.30. The van der Waals surface area contributed by atoms with Crippen LogP contribution < -0.4 is 4.80 Å². The van der Waals surface area contributed by atoms with Gasteiger partial charge in [-0.05, 0) is 31.9 Å². The fraction of sp³-hybridized carbons (Fsp3) is 0.400. The summed E-state index contributed by atoms with van der Waals surface area (Å²) < 4.78 is 7.41. The van der Waals surface area contributed by atoms with Crippen molar-refractivity contribution in [1.29, 1.82) is 0 Å². The van der Waals surface area contributed by atoms with E-state index in [1.54, 1.807) is 23.6 Å². The van der Waals surface area contributed by atoms with Crippen molar-refractivity contribution in [2.75, 3.05) is 6.61 Å². The van der Waals surface area contributed by atoms with E-state index in [4.69, 9.17) is 27.9 Å². The maximum atomic E-state index is 12.0. The van der Waals surface area contributed by atoms with Crippen LogP contribution in [0.4, 0.5) is 0 Å². The highest BCUT2D eigenvalue weighted by atomic mass is 35.5. The van der Waals surface area contributed by atoms with Gasteiger partial charge in [-0.3, -0.25) is 9.59 Å². The van der Waals surface area contributed by atoms with E-state index < -0.39 is 5.97 Å². The third kappa shape index (κ3) is 3.44. The van der Waals surface area contributed by atoms with E-state index in [-0.39, 0.29) is 25.0 Å². The highest BCUT2D eigenvalue weighted by Crippen LogP contribution is 2.33. The maximum absolute atomic E-state index is 12.0. The summed E-state index contributed by atoms with van der Waals surface area (Å²) in [4.78, 5) is 28.5. The molecule has 8 heteroatoms. The molecule has 1 saturated carbocycles. The van der Waals surface area contributed by atoms with Crippen LogP contribution in [0, 0.1) is 5.92 Å². The molecule has 1 aromatic heterocycles. The van der Waals surface area contributed by atoms with Crippen molar-refractivity contribution in [3.8, 4) is 0 Å². The second kappa shape index (κ2) is 6.63. The van der Waals surface area contributed by atoms with Crippen LogP contribution in [0.25, 0.3) is 10.2 Å². The number of nitrogens with zero attached hydrogens (tertiary/aromatic N) is 2. The zero-order valence-electron chi connectivity index (χ0n) is 12.3. The van der Waals surface area contributed by atoms with Crippen molar-refractivity contribution in [2.24, 2.45) is 10.9 Å². The van der Waals surface area contributed by atoms with E-state index in [2.05, 4.69) is 4.99 Å². The van der Waals surface area contributed by atoms with Crippen molar-refractivity contribution < 1.29 is 14.3 Å². The first-order chi connectivity index (χ1) is 11.0. The number of esters is 1. The lowest BCUT2D eigenvalue weighted by Crippen LogP contribution is -2.23. The minimum absolute atomic E-state index is 0.00955. The van der Waals surface area contributed by atoms with Crippen LogP contribution in [0.2, 0.25) is 10.0 Å². The van der Waals surface area contributed by atoms with Gasteiger partial charge in [-0.1, -0.05) is 34.5 Å². The summed E-state index contributed by atoms with van der Waals surface area (Å²) in [6.07, 6.45) is 1.75. The quantitative estimate of drug-likeness (QED) is 0.772. The normalized spacial score (nSPS) is 15.2. The zero-order valence-corrected chi connectivity index (χ0v) is 14.7. The van der Waals surface area contributed by atoms with E-state index >= 15 is 0 Å². The molecule has 1 aliphatic carbocycles. The lowest BCUT2D eigenvalue weighted by Gasteiger charge is -2.06. The molecule has 0 bridgehead atoms.